The van der Waals surface area contributed by atoms with E-state index in [-0.39, 0.29) is 18.2 Å². The van der Waals surface area contributed by atoms with Crippen molar-refractivity contribution < 1.29 is 9.13 Å². The van der Waals surface area contributed by atoms with Crippen molar-refractivity contribution in [3.05, 3.63) is 113 Å². The van der Waals surface area contributed by atoms with Crippen molar-refractivity contribution in [3.63, 3.8) is 0 Å². The number of rotatable bonds is 9. The van der Waals surface area contributed by atoms with Gasteiger partial charge < -0.3 is 15.8 Å². The highest BCUT2D eigenvalue weighted by atomic mass is 35.5. The van der Waals surface area contributed by atoms with Crippen LogP contribution >= 0.6 is 12.4 Å². The Hall–Kier alpha value is -4.80. The number of H-pyrrole nitrogens is 1. The highest BCUT2D eigenvalue weighted by molar-refractivity contribution is 5.85. The van der Waals surface area contributed by atoms with E-state index in [2.05, 4.69) is 37.8 Å². The normalized spacial score (nSPS) is 10.9. The lowest BCUT2D eigenvalue weighted by molar-refractivity contribution is 0.304. The zero-order chi connectivity index (χ0) is 27.5. The Morgan fingerprint density at radius 3 is 2.61 bits per heavy atom. The summed E-state index contributed by atoms with van der Waals surface area (Å²) in [7, 11) is 0. The van der Waals surface area contributed by atoms with Crippen LogP contribution in [0.1, 0.15) is 22.4 Å². The molecule has 3 heterocycles. The number of aromatic amines is 1. The molecule has 11 heteroatoms. The summed E-state index contributed by atoms with van der Waals surface area (Å²) < 4.78 is 21.6. The van der Waals surface area contributed by atoms with Crippen LogP contribution in [-0.2, 0) is 19.7 Å². The van der Waals surface area contributed by atoms with E-state index in [1.807, 2.05) is 65.2 Å². The summed E-state index contributed by atoms with van der Waals surface area (Å²) in [6, 6.07) is 24.4. The van der Waals surface area contributed by atoms with Crippen molar-refractivity contribution in [2.45, 2.75) is 26.6 Å². The Balaban J connectivity index is 0.00000337. The number of imidazole rings is 1. The fourth-order valence-electron chi connectivity index (χ4n) is 4.72. The van der Waals surface area contributed by atoms with Crippen LogP contribution in [0.25, 0.3) is 28.2 Å². The van der Waals surface area contributed by atoms with E-state index in [0.717, 1.165) is 50.5 Å². The third-order valence-corrected chi connectivity index (χ3v) is 6.84. The number of nitrogens with two attached hydrogens (primary N) is 1. The van der Waals surface area contributed by atoms with E-state index in [0.29, 0.717) is 31.3 Å². The number of ether oxygens (including phenoxy) is 1. The Morgan fingerprint density at radius 2 is 1.83 bits per heavy atom. The van der Waals surface area contributed by atoms with Crippen molar-refractivity contribution >= 4 is 23.9 Å². The largest absolute Gasteiger partial charge is 0.487 e. The topological polar surface area (TPSA) is 119 Å². The van der Waals surface area contributed by atoms with Gasteiger partial charge in [0.15, 0.2) is 0 Å². The predicted octanol–water partition coefficient (Wildman–Crippen LogP) is 5.70. The van der Waals surface area contributed by atoms with E-state index in [4.69, 9.17) is 10.5 Å². The fourth-order valence-corrected chi connectivity index (χ4v) is 4.72. The smallest absolute Gasteiger partial charge is 0.204 e. The zero-order valence-electron chi connectivity index (χ0n) is 22.2. The Kier molecular flexibility index (Phi) is 8.23. The van der Waals surface area contributed by atoms with Gasteiger partial charge in [0, 0.05) is 18.7 Å². The van der Waals surface area contributed by atoms with Gasteiger partial charge in [-0.05, 0) is 70.3 Å². The molecule has 0 fully saturated rings. The van der Waals surface area contributed by atoms with Crippen LogP contribution in [0.4, 0.5) is 10.2 Å². The van der Waals surface area contributed by atoms with Gasteiger partial charge in [0.25, 0.3) is 0 Å². The van der Waals surface area contributed by atoms with Crippen LogP contribution < -0.4 is 15.8 Å². The summed E-state index contributed by atoms with van der Waals surface area (Å²) in [5, 5.41) is 17.7. The molecule has 0 bridgehead atoms. The molecule has 0 unspecified atom stereocenters. The highest BCUT2D eigenvalue weighted by Gasteiger charge is 2.13. The molecular weight excluding hydrogens is 543 g/mol. The summed E-state index contributed by atoms with van der Waals surface area (Å²) in [6.07, 6.45) is 1.92. The van der Waals surface area contributed by atoms with Gasteiger partial charge in [0.2, 0.25) is 5.82 Å². The molecule has 0 atom stereocenters. The fraction of sp³-hybridized carbons (Fsp3) is 0.133. The number of nitrogens with one attached hydrogen (secondary N) is 2. The molecule has 0 radical (unpaired) electrons. The zero-order valence-corrected chi connectivity index (χ0v) is 23.0. The number of pyridine rings is 1. The number of halogens is 2. The minimum Gasteiger partial charge on any atom is -0.487 e. The first kappa shape index (κ1) is 27.8. The van der Waals surface area contributed by atoms with Gasteiger partial charge in [-0.1, -0.05) is 48.5 Å². The number of benzene rings is 3. The molecule has 0 aliphatic rings. The highest BCUT2D eigenvalue weighted by Crippen LogP contribution is 2.28. The second-order valence-corrected chi connectivity index (χ2v) is 9.38. The molecule has 3 aromatic heterocycles. The minimum atomic E-state index is -0.250. The quantitative estimate of drug-likeness (QED) is 0.204. The van der Waals surface area contributed by atoms with Crippen LogP contribution in [0.2, 0.25) is 0 Å². The third kappa shape index (κ3) is 5.88. The lowest BCUT2D eigenvalue weighted by Gasteiger charge is -2.14. The maximum absolute atomic E-state index is 13.4. The van der Waals surface area contributed by atoms with Crippen molar-refractivity contribution in [3.8, 4) is 28.3 Å². The lowest BCUT2D eigenvalue weighted by Crippen LogP contribution is -2.07. The summed E-state index contributed by atoms with van der Waals surface area (Å²) in [5.41, 5.74) is 13.6. The van der Waals surface area contributed by atoms with Gasteiger partial charge in [0.1, 0.15) is 29.6 Å². The summed E-state index contributed by atoms with van der Waals surface area (Å²) in [5.74, 6) is 1.80. The number of aromatic nitrogens is 6. The van der Waals surface area contributed by atoms with Crippen LogP contribution in [-0.4, -0.2) is 30.0 Å². The summed E-state index contributed by atoms with van der Waals surface area (Å²) >= 11 is 0. The van der Waals surface area contributed by atoms with Crippen LogP contribution in [0.5, 0.6) is 5.75 Å². The molecule has 0 spiro atoms. The number of anilines is 1. The average Bonchev–Trinajstić information content (AvgIpc) is 3.64. The van der Waals surface area contributed by atoms with E-state index in [1.54, 1.807) is 12.1 Å². The number of hydrogen-bond acceptors (Lipinski definition) is 7. The Labute approximate surface area is 242 Å². The predicted molar refractivity (Wildman–Crippen MR) is 158 cm³/mol. The second kappa shape index (κ2) is 12.2. The van der Waals surface area contributed by atoms with Gasteiger partial charge in [-0.25, -0.2) is 9.37 Å². The number of nitrogens with zero attached hydrogens (tertiary/aromatic N) is 5. The van der Waals surface area contributed by atoms with E-state index >= 15 is 0 Å². The molecule has 9 nitrogen and oxygen atoms in total. The number of hydrogen-bond donors (Lipinski definition) is 3. The molecule has 208 valence electrons. The Morgan fingerprint density at radius 1 is 1.00 bits per heavy atom. The molecule has 3 aromatic carbocycles. The van der Waals surface area contributed by atoms with Crippen molar-refractivity contribution in [2.24, 2.45) is 5.73 Å². The third-order valence-electron chi connectivity index (χ3n) is 6.84. The Bertz CT molecular complexity index is 1770. The van der Waals surface area contributed by atoms with Crippen molar-refractivity contribution in [1.29, 1.82) is 0 Å². The SMILES string of the molecule is Cc1c(COc2ccc3nc(CN)c(NCc4cccc(-c5nn[nH]n5)c4)n3c2)cccc1-c1ccc(F)cc1.Cl. The molecule has 0 aliphatic carbocycles. The maximum atomic E-state index is 13.4. The molecule has 0 aliphatic heterocycles. The van der Waals surface area contributed by atoms with Gasteiger partial charge in [-0.15, -0.1) is 22.6 Å². The first-order valence-electron chi connectivity index (χ1n) is 12.8. The number of fused-ring (bicyclic) bond motifs is 1. The van der Waals surface area contributed by atoms with Gasteiger partial charge in [-0.2, -0.15) is 5.21 Å². The van der Waals surface area contributed by atoms with Crippen LogP contribution in [0, 0.1) is 12.7 Å². The first-order valence-corrected chi connectivity index (χ1v) is 12.8. The van der Waals surface area contributed by atoms with E-state index < -0.39 is 0 Å². The molecule has 0 saturated carbocycles. The standard InChI is InChI=1S/C30H27FN8O.ClH/c1-19-23(6-3-7-26(19)21-8-10-24(31)11-9-21)18-40-25-12-13-28-34-27(15-32)30(39(28)17-25)33-16-20-4-2-5-22(14-20)29-35-37-38-36-29;/h2-14,17,33H,15-16,18,32H2,1H3,(H,35,36,37,38);1H. The molecule has 6 rings (SSSR count). The van der Waals surface area contributed by atoms with Gasteiger partial charge >= 0.3 is 0 Å². The first-order chi connectivity index (χ1) is 19.6. The van der Waals surface area contributed by atoms with Crippen molar-refractivity contribution in [1.82, 2.24) is 30.0 Å². The van der Waals surface area contributed by atoms with E-state index in [9.17, 15) is 4.39 Å². The van der Waals surface area contributed by atoms with Crippen LogP contribution in [0.15, 0.2) is 85.1 Å². The maximum Gasteiger partial charge on any atom is 0.204 e. The minimum absolute atomic E-state index is 0. The molecule has 0 saturated heterocycles. The monoisotopic (exact) mass is 570 g/mol. The second-order valence-electron chi connectivity index (χ2n) is 9.38. The van der Waals surface area contributed by atoms with Crippen molar-refractivity contribution in [2.75, 3.05) is 5.32 Å². The van der Waals surface area contributed by atoms with E-state index in [1.165, 1.54) is 12.1 Å². The number of tetrazole rings is 1. The van der Waals surface area contributed by atoms with Gasteiger partial charge in [0.05, 0.1) is 11.9 Å². The summed E-state index contributed by atoms with van der Waals surface area (Å²) in [4.78, 5) is 4.69. The van der Waals surface area contributed by atoms with Crippen LogP contribution in [0.3, 0.4) is 0 Å². The molecule has 0 amide bonds. The average molecular weight is 571 g/mol. The summed E-state index contributed by atoms with van der Waals surface area (Å²) in [6.45, 7) is 3.28. The molecular formula is C30H28ClFN8O. The van der Waals surface area contributed by atoms with Gasteiger partial charge in [-0.3, -0.25) is 4.40 Å². The lowest BCUT2D eigenvalue weighted by atomic mass is 9.97. The molecule has 4 N–H and O–H groups in total. The molecule has 6 aromatic rings. The molecule has 41 heavy (non-hydrogen) atoms.